The van der Waals surface area contributed by atoms with Crippen molar-refractivity contribution in [3.63, 3.8) is 0 Å². The highest BCUT2D eigenvalue weighted by Crippen LogP contribution is 2.04. The van der Waals surface area contributed by atoms with Crippen LogP contribution in [-0.4, -0.2) is 17.1 Å². The molecule has 0 aliphatic rings. The Morgan fingerprint density at radius 2 is 1.43 bits per heavy atom. The highest BCUT2D eigenvalue weighted by molar-refractivity contribution is 7.30. The molecule has 0 atom stereocenters. The van der Waals surface area contributed by atoms with Crippen LogP contribution >= 0.6 is 0 Å². The van der Waals surface area contributed by atoms with Gasteiger partial charge in [-0.1, -0.05) is 32.7 Å². The van der Waals surface area contributed by atoms with Gasteiger partial charge in [0.2, 0.25) is 0 Å². The molecule has 0 nitrogen and oxygen atoms in total. The first-order valence-electron chi connectivity index (χ1n) is 3.25. The quantitative estimate of drug-likeness (QED) is 0.479. The molecule has 0 aromatic carbocycles. The fourth-order valence-corrected chi connectivity index (χ4v) is 0. The third-order valence-corrected chi connectivity index (χ3v) is 13.5. The zero-order chi connectivity index (χ0) is 7.00. The Labute approximate surface area is 50.6 Å². The molecule has 44 valence electrons. The van der Waals surface area contributed by atoms with Gasteiger partial charge >= 0.3 is 0 Å². The van der Waals surface area contributed by atoms with Crippen LogP contribution in [0.2, 0.25) is 32.7 Å². The Hall–Kier alpha value is 0.434. The molecule has 7 heavy (non-hydrogen) atoms. The van der Waals surface area contributed by atoms with Crippen LogP contribution in [0.1, 0.15) is 0 Å². The maximum Gasteiger partial charge on any atom is 0.0343 e. The van der Waals surface area contributed by atoms with Gasteiger partial charge in [-0.05, 0) is 0 Å². The minimum atomic E-state index is -1.47. The lowest BCUT2D eigenvalue weighted by molar-refractivity contribution is 1.80. The Balaban J connectivity index is 4.02. The zero-order valence-electron chi connectivity index (χ0n) is 7.00. The van der Waals surface area contributed by atoms with Crippen LogP contribution in [0.3, 0.4) is 0 Å². The molecule has 0 fully saturated rings. The topological polar surface area (TPSA) is 0 Å². The lowest BCUT2D eigenvalue weighted by atomic mass is 11.8. The normalized spacial score (nSPS) is 16.4. The molecular formula is C5H16Si2. The maximum absolute atomic E-state index is 7.78. The highest BCUT2D eigenvalue weighted by Gasteiger charge is 2.17. The van der Waals surface area contributed by atoms with Gasteiger partial charge in [-0.3, -0.25) is 0 Å². The molecule has 0 bridgehead atoms. The van der Waals surface area contributed by atoms with Crippen molar-refractivity contribution >= 4 is 15.8 Å². The summed E-state index contributed by atoms with van der Waals surface area (Å²) in [6.07, 6.45) is 0. The van der Waals surface area contributed by atoms with E-state index in [1.54, 1.807) is 0 Å². The number of rotatable bonds is 1. The summed E-state index contributed by atoms with van der Waals surface area (Å²) in [4.78, 5) is 0. The first kappa shape index (κ1) is 5.57. The summed E-state index contributed by atoms with van der Waals surface area (Å²) in [5.74, 6) is 0. The minimum absolute atomic E-state index is 1.05. The molecule has 0 saturated carbocycles. The first-order valence-corrected chi connectivity index (χ1v) is 9.75. The van der Waals surface area contributed by atoms with Gasteiger partial charge < -0.3 is 0 Å². The molecule has 0 N–H and O–H groups in total. The van der Waals surface area contributed by atoms with E-state index in [2.05, 4.69) is 32.7 Å². The van der Waals surface area contributed by atoms with Gasteiger partial charge in [0.05, 0.1) is 0 Å². The second kappa shape index (κ2) is 2.13. The molecule has 0 aliphatic carbocycles. The third-order valence-electron chi connectivity index (χ3n) is 1.50. The Morgan fingerprint density at radius 1 is 1.29 bits per heavy atom. The van der Waals surface area contributed by atoms with Crippen LogP contribution in [0.15, 0.2) is 0 Å². The molecule has 0 unspecified atom stereocenters. The predicted octanol–water partition coefficient (Wildman–Crippen LogP) is 1.89. The molecule has 0 saturated heterocycles. The van der Waals surface area contributed by atoms with Crippen molar-refractivity contribution in [3.8, 4) is 0 Å². The molecule has 0 aliphatic heterocycles. The van der Waals surface area contributed by atoms with Crippen LogP contribution in [0.4, 0.5) is 0 Å². The largest absolute Gasteiger partial charge is 0.0741 e. The molecule has 0 radical (unpaired) electrons. The van der Waals surface area contributed by atoms with Crippen molar-refractivity contribution in [3.05, 3.63) is 0 Å². The molecule has 0 aromatic rings. The van der Waals surface area contributed by atoms with Crippen LogP contribution in [0.5, 0.6) is 0 Å². The minimum Gasteiger partial charge on any atom is -0.0741 e. The van der Waals surface area contributed by atoms with Crippen molar-refractivity contribution in [2.24, 2.45) is 0 Å². The summed E-state index contributed by atoms with van der Waals surface area (Å²) in [6, 6.07) is 0. The van der Waals surface area contributed by atoms with Crippen molar-refractivity contribution < 1.29 is 0 Å². The summed E-state index contributed by atoms with van der Waals surface area (Å²) in [5, 5.41) is 0. The molecule has 0 amide bonds. The van der Waals surface area contributed by atoms with Gasteiger partial charge in [-0.2, -0.15) is 0 Å². The molecular weight excluding hydrogens is 116 g/mol. The van der Waals surface area contributed by atoms with Crippen molar-refractivity contribution in [1.29, 1.82) is 1.23 Å². The van der Waals surface area contributed by atoms with Crippen molar-refractivity contribution in [1.82, 2.24) is 0 Å². The van der Waals surface area contributed by atoms with Crippen LogP contribution in [0.25, 0.3) is 0 Å². The fraction of sp³-hybridized carbons (Fsp3) is 1.00. The number of hydrogen-bond donors (Lipinski definition) is 0. The van der Waals surface area contributed by atoms with E-state index < -0.39 is 15.8 Å². The summed E-state index contributed by atoms with van der Waals surface area (Å²) in [7, 11) is -2.52. The van der Waals surface area contributed by atoms with E-state index in [1.807, 2.05) is 0 Å². The zero-order valence-corrected chi connectivity index (χ0v) is 8.00. The van der Waals surface area contributed by atoms with Gasteiger partial charge in [0.1, 0.15) is 0 Å². The van der Waals surface area contributed by atoms with Gasteiger partial charge in [0.15, 0.2) is 0 Å². The average Bonchev–Trinajstić information content (AvgIpc) is 1.25. The standard InChI is InChI=1S/C5H16Si2/c1-6(2)7(3,4)5/h6H,1-5H3/i6D. The van der Waals surface area contributed by atoms with E-state index >= 15 is 0 Å². The van der Waals surface area contributed by atoms with Gasteiger partial charge in [-0.15, -0.1) is 0 Å². The molecule has 0 aromatic heterocycles. The van der Waals surface area contributed by atoms with Crippen molar-refractivity contribution in [2.75, 3.05) is 0 Å². The van der Waals surface area contributed by atoms with Crippen LogP contribution in [0, 0.1) is 0 Å². The summed E-state index contributed by atoms with van der Waals surface area (Å²) >= 11 is 0. The van der Waals surface area contributed by atoms with Crippen LogP contribution in [-0.2, 0) is 0 Å². The Morgan fingerprint density at radius 3 is 1.43 bits per heavy atom. The lowest BCUT2D eigenvalue weighted by Crippen LogP contribution is -2.37. The van der Waals surface area contributed by atoms with E-state index in [1.165, 1.54) is 0 Å². The average molecular weight is 133 g/mol. The first-order chi connectivity index (χ1) is 3.25. The highest BCUT2D eigenvalue weighted by atomic mass is 29.2. The van der Waals surface area contributed by atoms with Crippen LogP contribution < -0.4 is 0 Å². The summed E-state index contributed by atoms with van der Waals surface area (Å²) < 4.78 is 7.78. The second-order valence-corrected chi connectivity index (χ2v) is 17.2. The van der Waals surface area contributed by atoms with E-state index in [0.717, 1.165) is 0 Å². The maximum atomic E-state index is 7.78. The van der Waals surface area contributed by atoms with Gasteiger partial charge in [0, 0.05) is 17.1 Å². The SMILES string of the molecule is [2H][Si](C)(C)[Si](C)(C)C. The second-order valence-electron chi connectivity index (χ2n) is 3.25. The third kappa shape index (κ3) is 3.06. The molecule has 2 heteroatoms. The number of hydrogen-bond acceptors (Lipinski definition) is 0. The smallest absolute Gasteiger partial charge is 0.0343 e. The van der Waals surface area contributed by atoms with E-state index in [9.17, 15) is 0 Å². The predicted molar refractivity (Wildman–Crippen MR) is 42.2 cm³/mol. The van der Waals surface area contributed by atoms with Crippen molar-refractivity contribution in [2.45, 2.75) is 32.7 Å². The molecule has 0 rings (SSSR count). The lowest BCUT2D eigenvalue weighted by Gasteiger charge is -2.18. The van der Waals surface area contributed by atoms with E-state index in [0.29, 0.717) is 0 Å². The van der Waals surface area contributed by atoms with E-state index in [4.69, 9.17) is 1.23 Å². The Bertz CT molecular complexity index is 65.4. The summed E-state index contributed by atoms with van der Waals surface area (Å²) in [6.45, 7) is 11.1. The summed E-state index contributed by atoms with van der Waals surface area (Å²) in [5.41, 5.74) is 0. The molecule has 0 heterocycles. The Kier molecular flexibility index (Phi) is 1.70. The monoisotopic (exact) mass is 133 g/mol. The van der Waals surface area contributed by atoms with E-state index in [-0.39, 0.29) is 0 Å². The van der Waals surface area contributed by atoms with Gasteiger partial charge in [-0.25, -0.2) is 0 Å². The molecule has 0 spiro atoms. The fourth-order valence-electron chi connectivity index (χ4n) is 0. The van der Waals surface area contributed by atoms with Gasteiger partial charge in [0.25, 0.3) is 0 Å².